The zero-order chi connectivity index (χ0) is 24.6. The highest BCUT2D eigenvalue weighted by molar-refractivity contribution is 6.32. The molecule has 182 valence electrons. The number of nitrogens with zero attached hydrogens (tertiary/aromatic N) is 3. The third kappa shape index (κ3) is 4.38. The number of fused-ring (bicyclic) bond motifs is 2. The number of phenols is 1. The quantitative estimate of drug-likeness (QED) is 0.332. The molecular weight excluding hydrogens is 473 g/mol. The van der Waals surface area contributed by atoms with E-state index in [-0.39, 0.29) is 18.3 Å². The largest absolute Gasteiger partial charge is 0.508 e. The lowest BCUT2D eigenvalue weighted by atomic mass is 9.87. The lowest BCUT2D eigenvalue weighted by Gasteiger charge is -2.37. The van der Waals surface area contributed by atoms with E-state index >= 15 is 0 Å². The molecule has 2 aliphatic rings. The number of rotatable bonds is 5. The van der Waals surface area contributed by atoms with E-state index in [0.717, 1.165) is 83.3 Å². The fraction of sp³-hybridized carbons (Fsp3) is 0.267. The van der Waals surface area contributed by atoms with E-state index in [1.807, 2.05) is 18.2 Å². The smallest absolute Gasteiger partial charge is 0.115 e. The van der Waals surface area contributed by atoms with Crippen LogP contribution >= 0.6 is 11.6 Å². The molecular formula is C30H27ClFN3O. The van der Waals surface area contributed by atoms with Gasteiger partial charge in [0.1, 0.15) is 5.75 Å². The predicted octanol–water partition coefficient (Wildman–Crippen LogP) is 6.69. The van der Waals surface area contributed by atoms with Crippen molar-refractivity contribution in [1.29, 1.82) is 0 Å². The number of hydrogen-bond donors (Lipinski definition) is 1. The molecule has 1 saturated heterocycles. The highest BCUT2D eigenvalue weighted by atomic mass is 35.5. The summed E-state index contributed by atoms with van der Waals surface area (Å²) in [7, 11) is 0. The maximum Gasteiger partial charge on any atom is 0.115 e. The first-order valence-electron chi connectivity index (χ1n) is 12.4. The van der Waals surface area contributed by atoms with Gasteiger partial charge < -0.3 is 5.11 Å². The molecule has 2 aromatic heterocycles. The van der Waals surface area contributed by atoms with Crippen LogP contribution in [0, 0.1) is 5.92 Å². The Morgan fingerprint density at radius 1 is 1.00 bits per heavy atom. The minimum absolute atomic E-state index is 0.164. The van der Waals surface area contributed by atoms with Crippen molar-refractivity contribution in [3.8, 4) is 5.75 Å². The van der Waals surface area contributed by atoms with Gasteiger partial charge in [-0.2, -0.15) is 0 Å². The number of likely N-dealkylation sites (tertiary alicyclic amines) is 1. The number of phenolic OH excluding ortho intramolecular Hbond substituents is 1. The van der Waals surface area contributed by atoms with Crippen molar-refractivity contribution >= 4 is 33.7 Å². The average Bonchev–Trinajstić information content (AvgIpc) is 3.05. The molecule has 1 fully saturated rings. The molecule has 0 spiro atoms. The predicted molar refractivity (Wildman–Crippen MR) is 143 cm³/mol. The van der Waals surface area contributed by atoms with E-state index in [9.17, 15) is 9.50 Å². The van der Waals surface area contributed by atoms with Gasteiger partial charge in [-0.1, -0.05) is 35.9 Å². The molecule has 0 unspecified atom stereocenters. The topological polar surface area (TPSA) is 49.3 Å². The van der Waals surface area contributed by atoms with Crippen LogP contribution in [0.5, 0.6) is 5.75 Å². The molecule has 0 radical (unpaired) electrons. The van der Waals surface area contributed by atoms with E-state index < -0.39 is 0 Å². The van der Waals surface area contributed by atoms with Gasteiger partial charge in [0.2, 0.25) is 0 Å². The first-order valence-corrected chi connectivity index (χ1v) is 12.8. The Kier molecular flexibility index (Phi) is 6.20. The highest BCUT2D eigenvalue weighted by Gasteiger charge is 2.27. The first-order chi connectivity index (χ1) is 17.6. The molecule has 4 aromatic rings. The second-order valence-electron chi connectivity index (χ2n) is 9.83. The monoisotopic (exact) mass is 499 g/mol. The van der Waals surface area contributed by atoms with E-state index in [2.05, 4.69) is 40.2 Å². The minimum Gasteiger partial charge on any atom is -0.508 e. The van der Waals surface area contributed by atoms with Crippen LogP contribution in [-0.2, 0) is 13.0 Å². The summed E-state index contributed by atoms with van der Waals surface area (Å²) in [6, 6.07) is 18.2. The van der Waals surface area contributed by atoms with Crippen molar-refractivity contribution in [2.45, 2.75) is 25.8 Å². The lowest BCUT2D eigenvalue weighted by molar-refractivity contribution is 0.0727. The van der Waals surface area contributed by atoms with E-state index in [4.69, 9.17) is 16.6 Å². The molecule has 2 aromatic carbocycles. The molecule has 0 atom stereocenters. The van der Waals surface area contributed by atoms with Crippen molar-refractivity contribution in [3.05, 3.63) is 100.0 Å². The summed E-state index contributed by atoms with van der Waals surface area (Å²) in [4.78, 5) is 11.4. The second-order valence-corrected chi connectivity index (χ2v) is 10.2. The van der Waals surface area contributed by atoms with Crippen molar-refractivity contribution in [3.63, 3.8) is 0 Å². The summed E-state index contributed by atoms with van der Waals surface area (Å²) in [5.41, 5.74) is 8.54. The van der Waals surface area contributed by atoms with Crippen molar-refractivity contribution < 1.29 is 9.50 Å². The van der Waals surface area contributed by atoms with E-state index in [0.29, 0.717) is 5.02 Å². The number of allylic oxidation sites excluding steroid dienone is 1. The van der Waals surface area contributed by atoms with Crippen LogP contribution in [-0.4, -0.2) is 39.7 Å². The summed E-state index contributed by atoms with van der Waals surface area (Å²) in [6.07, 6.45) is 6.18. The van der Waals surface area contributed by atoms with Gasteiger partial charge >= 0.3 is 0 Å². The third-order valence-corrected chi connectivity index (χ3v) is 7.61. The minimum atomic E-state index is -0.247. The van der Waals surface area contributed by atoms with Gasteiger partial charge in [0.25, 0.3) is 0 Å². The Labute approximate surface area is 215 Å². The molecule has 0 saturated carbocycles. The molecule has 1 aliphatic carbocycles. The summed E-state index contributed by atoms with van der Waals surface area (Å²) in [5, 5.41) is 11.9. The van der Waals surface area contributed by atoms with Gasteiger partial charge in [-0.15, -0.1) is 0 Å². The SMILES string of the molecule is Oc1ccc2c(c1)CCCC(c1ccncc1Cl)=C2c1ccc2ccc(CN3CC(CF)C3)nc2c1. The highest BCUT2D eigenvalue weighted by Crippen LogP contribution is 2.42. The first kappa shape index (κ1) is 23.1. The van der Waals surface area contributed by atoms with E-state index in [1.165, 1.54) is 5.57 Å². The molecule has 6 heteroatoms. The molecule has 4 nitrogen and oxygen atoms in total. The van der Waals surface area contributed by atoms with Gasteiger partial charge in [0.15, 0.2) is 0 Å². The zero-order valence-corrected chi connectivity index (χ0v) is 20.7. The molecule has 6 rings (SSSR count). The van der Waals surface area contributed by atoms with Gasteiger partial charge in [-0.05, 0) is 83.0 Å². The zero-order valence-electron chi connectivity index (χ0n) is 19.9. The Morgan fingerprint density at radius 2 is 1.86 bits per heavy atom. The average molecular weight is 500 g/mol. The van der Waals surface area contributed by atoms with E-state index in [1.54, 1.807) is 18.5 Å². The fourth-order valence-electron chi connectivity index (χ4n) is 5.53. The van der Waals surface area contributed by atoms with Crippen molar-refractivity contribution in [2.75, 3.05) is 19.8 Å². The number of aromatic hydroxyl groups is 1. The van der Waals surface area contributed by atoms with Crippen LogP contribution in [0.4, 0.5) is 4.39 Å². The van der Waals surface area contributed by atoms with Gasteiger partial charge in [-0.25, -0.2) is 0 Å². The Morgan fingerprint density at radius 3 is 2.69 bits per heavy atom. The van der Waals surface area contributed by atoms with Crippen LogP contribution in [0.3, 0.4) is 0 Å². The van der Waals surface area contributed by atoms with Crippen molar-refractivity contribution in [1.82, 2.24) is 14.9 Å². The number of benzene rings is 2. The normalized spacial score (nSPS) is 16.6. The number of hydrogen-bond acceptors (Lipinski definition) is 4. The summed E-state index contributed by atoms with van der Waals surface area (Å²) >= 11 is 6.64. The summed E-state index contributed by atoms with van der Waals surface area (Å²) in [6.45, 7) is 2.08. The molecule has 1 aliphatic heterocycles. The fourth-order valence-corrected chi connectivity index (χ4v) is 5.76. The van der Waals surface area contributed by atoms with Crippen LogP contribution in [0.2, 0.25) is 5.02 Å². The Hall–Kier alpha value is -3.28. The standard InChI is InChI=1S/C30H27ClFN3O/c31-28-15-33-11-10-26(28)27-3-1-2-21-12-24(36)8-9-25(21)30(27)22-5-4-20-6-7-23(34-29(20)13-22)18-35-16-19(14-32)17-35/h4-13,15,19,36H,1-3,14,16-18H2. The Bertz CT molecular complexity index is 1480. The number of pyridine rings is 2. The molecule has 1 N–H and O–H groups in total. The molecule has 3 heterocycles. The number of aromatic nitrogens is 2. The van der Waals surface area contributed by atoms with Gasteiger partial charge in [0, 0.05) is 43.3 Å². The molecule has 0 bridgehead atoms. The van der Waals surface area contributed by atoms with Gasteiger partial charge in [-0.3, -0.25) is 19.3 Å². The summed E-state index contributed by atoms with van der Waals surface area (Å²) < 4.78 is 12.8. The van der Waals surface area contributed by atoms with Gasteiger partial charge in [0.05, 0.1) is 22.9 Å². The van der Waals surface area contributed by atoms with Crippen LogP contribution in [0.1, 0.15) is 40.8 Å². The summed E-state index contributed by atoms with van der Waals surface area (Å²) in [5.74, 6) is 0.446. The number of alkyl halides is 1. The van der Waals surface area contributed by atoms with Crippen molar-refractivity contribution in [2.24, 2.45) is 5.92 Å². The number of aryl methyl sites for hydroxylation is 1. The second kappa shape index (κ2) is 9.64. The third-order valence-electron chi connectivity index (χ3n) is 7.31. The molecule has 36 heavy (non-hydrogen) atoms. The Balaban J connectivity index is 1.48. The van der Waals surface area contributed by atoms with Crippen LogP contribution in [0.25, 0.3) is 22.0 Å². The maximum absolute atomic E-state index is 12.8. The lowest BCUT2D eigenvalue weighted by Crippen LogP contribution is -2.46. The molecule has 0 amide bonds. The van der Waals surface area contributed by atoms with Crippen LogP contribution < -0.4 is 0 Å². The van der Waals surface area contributed by atoms with Crippen LogP contribution in [0.15, 0.2) is 67.0 Å². The number of halogens is 2. The maximum atomic E-state index is 12.8.